The second kappa shape index (κ2) is 6.39. The van der Waals surface area contributed by atoms with Crippen LogP contribution >= 0.6 is 0 Å². The molecule has 2 nitrogen and oxygen atoms in total. The van der Waals surface area contributed by atoms with E-state index in [4.69, 9.17) is 4.74 Å². The summed E-state index contributed by atoms with van der Waals surface area (Å²) >= 11 is 0. The summed E-state index contributed by atoms with van der Waals surface area (Å²) < 4.78 is 6.74. The molecule has 2 heteroatoms. The van der Waals surface area contributed by atoms with Crippen molar-refractivity contribution in [3.63, 3.8) is 0 Å². The van der Waals surface area contributed by atoms with Crippen LogP contribution < -0.4 is 0 Å². The highest BCUT2D eigenvalue weighted by molar-refractivity contribution is 4.42. The largest absolute Gasteiger partial charge is 0.329 e. The van der Waals surface area contributed by atoms with Gasteiger partial charge in [0.05, 0.1) is 27.7 Å². The first kappa shape index (κ1) is 12.9. The zero-order valence-electron chi connectivity index (χ0n) is 9.97. The van der Waals surface area contributed by atoms with E-state index in [9.17, 15) is 0 Å². The lowest BCUT2D eigenvalue weighted by Gasteiger charge is -2.33. The number of quaternary nitrogens is 1. The molecule has 0 aromatic heterocycles. The fourth-order valence-electron chi connectivity index (χ4n) is 1.46. The minimum Gasteiger partial charge on any atom is -0.329 e. The van der Waals surface area contributed by atoms with Crippen LogP contribution in [0.3, 0.4) is 0 Å². The fourth-order valence-corrected chi connectivity index (χ4v) is 1.46. The summed E-state index contributed by atoms with van der Waals surface area (Å²) in [5.41, 5.74) is 0. The van der Waals surface area contributed by atoms with Gasteiger partial charge in [0.25, 0.3) is 0 Å². The number of unbranched alkanes of at least 4 members (excludes halogenated alkanes) is 2. The van der Waals surface area contributed by atoms with Crippen molar-refractivity contribution >= 4 is 0 Å². The van der Waals surface area contributed by atoms with Gasteiger partial charge in [-0.2, -0.15) is 0 Å². The third-order valence-corrected chi connectivity index (χ3v) is 2.27. The highest BCUT2D eigenvalue weighted by atomic mass is 16.5. The van der Waals surface area contributed by atoms with E-state index in [0.717, 1.165) is 17.5 Å². The van der Waals surface area contributed by atoms with Gasteiger partial charge in [0.1, 0.15) is 0 Å². The normalized spacial score (nSPS) is 14.5. The van der Waals surface area contributed by atoms with Crippen LogP contribution in [0, 0.1) is 0 Å². The zero-order chi connectivity index (χ0) is 10.3. The lowest BCUT2D eigenvalue weighted by Crippen LogP contribution is -2.46. The molecule has 0 saturated heterocycles. The SMILES string of the molecule is CCCCCOC(CC)[N+](C)(C)C. The summed E-state index contributed by atoms with van der Waals surface area (Å²) in [5.74, 6) is 0. The summed E-state index contributed by atoms with van der Waals surface area (Å²) in [7, 11) is 6.57. The van der Waals surface area contributed by atoms with Crippen molar-refractivity contribution in [2.24, 2.45) is 0 Å². The highest BCUT2D eigenvalue weighted by Crippen LogP contribution is 2.09. The number of nitrogens with zero attached hydrogens (tertiary/aromatic N) is 1. The van der Waals surface area contributed by atoms with Gasteiger partial charge >= 0.3 is 0 Å². The van der Waals surface area contributed by atoms with Gasteiger partial charge in [-0.15, -0.1) is 0 Å². The van der Waals surface area contributed by atoms with E-state index in [-0.39, 0.29) is 0 Å². The molecule has 0 aliphatic carbocycles. The minimum atomic E-state index is 0.358. The van der Waals surface area contributed by atoms with Gasteiger partial charge in [-0.3, -0.25) is 0 Å². The molecule has 0 spiro atoms. The maximum absolute atomic E-state index is 5.83. The molecule has 0 bridgehead atoms. The zero-order valence-corrected chi connectivity index (χ0v) is 9.97. The number of hydrogen-bond donors (Lipinski definition) is 0. The molecular weight excluding hydrogens is 162 g/mol. The molecule has 0 fully saturated rings. The van der Waals surface area contributed by atoms with Gasteiger partial charge < -0.3 is 9.22 Å². The third kappa shape index (κ3) is 6.05. The molecule has 0 aromatic carbocycles. The van der Waals surface area contributed by atoms with Crippen LogP contribution in [-0.4, -0.2) is 38.5 Å². The second-order valence-corrected chi connectivity index (χ2v) is 4.56. The number of rotatable bonds is 7. The first-order valence-electron chi connectivity index (χ1n) is 5.45. The van der Waals surface area contributed by atoms with E-state index < -0.39 is 0 Å². The first-order chi connectivity index (χ1) is 6.02. The van der Waals surface area contributed by atoms with Crippen molar-refractivity contribution < 1.29 is 9.22 Å². The van der Waals surface area contributed by atoms with Gasteiger partial charge in [-0.05, 0) is 6.42 Å². The Balaban J connectivity index is 3.61. The van der Waals surface area contributed by atoms with Crippen LogP contribution in [0.4, 0.5) is 0 Å². The van der Waals surface area contributed by atoms with Crippen LogP contribution in [0.5, 0.6) is 0 Å². The molecule has 0 rings (SSSR count). The molecule has 0 heterocycles. The summed E-state index contributed by atoms with van der Waals surface area (Å²) in [5, 5.41) is 0. The van der Waals surface area contributed by atoms with E-state index in [0.29, 0.717) is 6.23 Å². The van der Waals surface area contributed by atoms with Gasteiger partial charge in [0.15, 0.2) is 6.23 Å². The van der Waals surface area contributed by atoms with Crippen LogP contribution in [0.15, 0.2) is 0 Å². The molecule has 0 aromatic rings. The minimum absolute atomic E-state index is 0.358. The Hall–Kier alpha value is -0.0800. The molecule has 0 N–H and O–H groups in total. The van der Waals surface area contributed by atoms with Crippen LogP contribution in [-0.2, 0) is 4.74 Å². The standard InChI is InChI=1S/C11H26NO/c1-6-8-9-10-13-11(7-2)12(3,4)5/h11H,6-10H2,1-5H3/q+1. The molecular formula is C11H26NO+. The van der Waals surface area contributed by atoms with Crippen molar-refractivity contribution in [2.75, 3.05) is 27.7 Å². The lowest BCUT2D eigenvalue weighted by atomic mass is 10.3. The Kier molecular flexibility index (Phi) is 6.35. The van der Waals surface area contributed by atoms with Gasteiger partial charge in [-0.25, -0.2) is 0 Å². The van der Waals surface area contributed by atoms with E-state index in [2.05, 4.69) is 35.0 Å². The number of hydrogen-bond acceptors (Lipinski definition) is 1. The van der Waals surface area contributed by atoms with Gasteiger partial charge in [0.2, 0.25) is 0 Å². The molecule has 0 aliphatic rings. The Bertz CT molecular complexity index is 118. The van der Waals surface area contributed by atoms with Crippen molar-refractivity contribution in [2.45, 2.75) is 45.8 Å². The van der Waals surface area contributed by atoms with Crippen molar-refractivity contribution in [1.82, 2.24) is 0 Å². The Labute approximate surface area is 83.5 Å². The van der Waals surface area contributed by atoms with E-state index in [1.54, 1.807) is 0 Å². The summed E-state index contributed by atoms with van der Waals surface area (Å²) in [4.78, 5) is 0. The average molecular weight is 188 g/mol. The molecule has 13 heavy (non-hydrogen) atoms. The Morgan fingerprint density at radius 2 is 1.69 bits per heavy atom. The predicted molar refractivity (Wildman–Crippen MR) is 57.6 cm³/mol. The molecule has 0 radical (unpaired) electrons. The molecule has 80 valence electrons. The van der Waals surface area contributed by atoms with Gasteiger partial charge in [0, 0.05) is 6.42 Å². The molecule has 1 atom stereocenters. The molecule has 0 saturated carbocycles. The van der Waals surface area contributed by atoms with Crippen LogP contribution in [0.2, 0.25) is 0 Å². The maximum Gasteiger partial charge on any atom is 0.192 e. The monoisotopic (exact) mass is 188 g/mol. The van der Waals surface area contributed by atoms with Gasteiger partial charge in [-0.1, -0.05) is 26.7 Å². The average Bonchev–Trinajstić information content (AvgIpc) is 2.02. The van der Waals surface area contributed by atoms with Crippen LogP contribution in [0.25, 0.3) is 0 Å². The Morgan fingerprint density at radius 3 is 2.08 bits per heavy atom. The first-order valence-corrected chi connectivity index (χ1v) is 5.45. The maximum atomic E-state index is 5.83. The quantitative estimate of drug-likeness (QED) is 0.339. The Morgan fingerprint density at radius 1 is 1.08 bits per heavy atom. The predicted octanol–water partition coefficient (Wildman–Crippen LogP) is 2.64. The summed E-state index contributed by atoms with van der Waals surface area (Å²) in [6.45, 7) is 5.33. The van der Waals surface area contributed by atoms with Crippen LogP contribution in [0.1, 0.15) is 39.5 Å². The van der Waals surface area contributed by atoms with E-state index in [1.165, 1.54) is 19.3 Å². The fraction of sp³-hybridized carbons (Fsp3) is 1.00. The summed E-state index contributed by atoms with van der Waals surface area (Å²) in [6, 6.07) is 0. The van der Waals surface area contributed by atoms with E-state index in [1.807, 2.05) is 0 Å². The summed E-state index contributed by atoms with van der Waals surface area (Å²) in [6.07, 6.45) is 5.21. The highest BCUT2D eigenvalue weighted by Gasteiger charge is 2.21. The second-order valence-electron chi connectivity index (χ2n) is 4.56. The number of ether oxygens (including phenoxy) is 1. The topological polar surface area (TPSA) is 9.23 Å². The molecule has 0 amide bonds. The smallest absolute Gasteiger partial charge is 0.192 e. The van der Waals surface area contributed by atoms with Crippen molar-refractivity contribution in [3.05, 3.63) is 0 Å². The molecule has 0 aliphatic heterocycles. The van der Waals surface area contributed by atoms with Crippen molar-refractivity contribution in [3.8, 4) is 0 Å². The van der Waals surface area contributed by atoms with E-state index >= 15 is 0 Å². The van der Waals surface area contributed by atoms with Crippen molar-refractivity contribution in [1.29, 1.82) is 0 Å². The third-order valence-electron chi connectivity index (χ3n) is 2.27. The lowest BCUT2D eigenvalue weighted by molar-refractivity contribution is -0.920. The molecule has 1 unspecified atom stereocenters.